The Bertz CT molecular complexity index is 328. The number of terminal acetylenes is 1. The van der Waals surface area contributed by atoms with E-state index < -0.39 is 0 Å². The van der Waals surface area contributed by atoms with Gasteiger partial charge in [0.1, 0.15) is 5.76 Å². The van der Waals surface area contributed by atoms with Gasteiger partial charge in [-0.1, -0.05) is 25.3 Å². The lowest BCUT2D eigenvalue weighted by Gasteiger charge is -2.25. The zero-order valence-electron chi connectivity index (χ0n) is 10.7. The lowest BCUT2D eigenvalue weighted by Crippen LogP contribution is -2.10. The van der Waals surface area contributed by atoms with Crippen molar-refractivity contribution in [2.24, 2.45) is 5.92 Å². The molecule has 1 rings (SSSR count). The molecule has 1 aliphatic carbocycles. The third kappa shape index (κ3) is 3.17. The van der Waals surface area contributed by atoms with Crippen LogP contribution in [0, 0.1) is 18.3 Å². The summed E-state index contributed by atoms with van der Waals surface area (Å²) < 4.78 is 5.75. The molecular weight excluding hydrogens is 196 g/mol. The highest BCUT2D eigenvalue weighted by Gasteiger charge is 2.19. The number of allylic oxidation sites excluding steroid dienone is 3. The van der Waals surface area contributed by atoms with Crippen molar-refractivity contribution in [3.8, 4) is 12.3 Å². The van der Waals surface area contributed by atoms with Gasteiger partial charge in [-0.3, -0.25) is 0 Å². The monoisotopic (exact) mass is 218 g/mol. The first-order chi connectivity index (χ1) is 7.70. The van der Waals surface area contributed by atoms with Gasteiger partial charge in [-0.05, 0) is 44.1 Å². The molecule has 1 heteroatoms. The molecule has 0 aromatic heterocycles. The molecule has 0 aromatic carbocycles. The Morgan fingerprint density at radius 2 is 2.38 bits per heavy atom. The second kappa shape index (κ2) is 6.43. The molecule has 16 heavy (non-hydrogen) atoms. The molecule has 0 aliphatic heterocycles. The standard InChI is InChI=1S/C15H22O/c1-5-8-15(16-11-6-2)14-10-7-9-12(3)13(14)4/h1,8,12H,6-7,9-11H2,2-4H3/b15-8+/t12-/m1/s1. The molecular formula is C15H22O. The van der Waals surface area contributed by atoms with E-state index in [0.717, 1.165) is 25.2 Å². The van der Waals surface area contributed by atoms with Crippen LogP contribution in [-0.2, 0) is 4.74 Å². The van der Waals surface area contributed by atoms with Crippen molar-refractivity contribution in [2.45, 2.75) is 46.5 Å². The summed E-state index contributed by atoms with van der Waals surface area (Å²) in [6, 6.07) is 0. The Hall–Kier alpha value is -1.16. The van der Waals surface area contributed by atoms with Gasteiger partial charge in [-0.25, -0.2) is 0 Å². The second-order valence-corrected chi connectivity index (χ2v) is 4.48. The van der Waals surface area contributed by atoms with Gasteiger partial charge in [0.25, 0.3) is 0 Å². The zero-order chi connectivity index (χ0) is 12.0. The van der Waals surface area contributed by atoms with Crippen LogP contribution < -0.4 is 0 Å². The first-order valence-electron chi connectivity index (χ1n) is 6.19. The maximum Gasteiger partial charge on any atom is 0.130 e. The maximum absolute atomic E-state index is 5.75. The molecule has 0 N–H and O–H groups in total. The van der Waals surface area contributed by atoms with E-state index in [4.69, 9.17) is 11.2 Å². The van der Waals surface area contributed by atoms with E-state index >= 15 is 0 Å². The molecule has 1 atom stereocenters. The molecule has 0 radical (unpaired) electrons. The Balaban J connectivity index is 2.90. The lowest BCUT2D eigenvalue weighted by molar-refractivity contribution is 0.216. The summed E-state index contributed by atoms with van der Waals surface area (Å²) in [5, 5.41) is 0. The molecule has 0 amide bonds. The molecule has 0 heterocycles. The van der Waals surface area contributed by atoms with Crippen molar-refractivity contribution in [1.29, 1.82) is 0 Å². The molecule has 0 unspecified atom stereocenters. The van der Waals surface area contributed by atoms with Crippen molar-refractivity contribution in [3.63, 3.8) is 0 Å². The Labute approximate surface area is 99.6 Å². The van der Waals surface area contributed by atoms with E-state index in [0.29, 0.717) is 5.92 Å². The zero-order valence-corrected chi connectivity index (χ0v) is 10.7. The molecule has 0 saturated carbocycles. The molecule has 0 fully saturated rings. The molecule has 1 aliphatic rings. The SMILES string of the molecule is C#C/C=C(/OCCC)C1=C(C)[C@H](C)CCC1. The Kier molecular flexibility index (Phi) is 5.19. The van der Waals surface area contributed by atoms with E-state index in [9.17, 15) is 0 Å². The smallest absolute Gasteiger partial charge is 0.130 e. The Morgan fingerprint density at radius 3 is 3.00 bits per heavy atom. The van der Waals surface area contributed by atoms with Crippen LogP contribution >= 0.6 is 0 Å². The highest BCUT2D eigenvalue weighted by atomic mass is 16.5. The summed E-state index contributed by atoms with van der Waals surface area (Å²) >= 11 is 0. The lowest BCUT2D eigenvalue weighted by atomic mass is 9.84. The predicted molar refractivity (Wildman–Crippen MR) is 68.9 cm³/mol. The van der Waals surface area contributed by atoms with Crippen molar-refractivity contribution in [3.05, 3.63) is 23.0 Å². The van der Waals surface area contributed by atoms with Crippen LogP contribution in [0.1, 0.15) is 46.5 Å². The van der Waals surface area contributed by atoms with Crippen molar-refractivity contribution in [2.75, 3.05) is 6.61 Å². The quantitative estimate of drug-likeness (QED) is 0.510. The van der Waals surface area contributed by atoms with E-state index in [1.807, 2.05) is 0 Å². The minimum Gasteiger partial charge on any atom is -0.493 e. The van der Waals surface area contributed by atoms with E-state index in [2.05, 4.69) is 26.7 Å². The van der Waals surface area contributed by atoms with Crippen LogP contribution in [0.25, 0.3) is 0 Å². The summed E-state index contributed by atoms with van der Waals surface area (Å²) in [7, 11) is 0. The van der Waals surface area contributed by atoms with E-state index in [1.54, 1.807) is 6.08 Å². The fourth-order valence-corrected chi connectivity index (χ4v) is 2.12. The largest absolute Gasteiger partial charge is 0.493 e. The Morgan fingerprint density at radius 1 is 1.62 bits per heavy atom. The fraction of sp³-hybridized carbons (Fsp3) is 0.600. The number of rotatable bonds is 4. The van der Waals surface area contributed by atoms with Gasteiger partial charge in [0.15, 0.2) is 0 Å². The van der Waals surface area contributed by atoms with Gasteiger partial charge < -0.3 is 4.74 Å². The molecule has 0 spiro atoms. The third-order valence-electron chi connectivity index (χ3n) is 3.25. The minimum atomic E-state index is 0.662. The average Bonchev–Trinajstić information content (AvgIpc) is 2.28. The molecule has 0 bridgehead atoms. The van der Waals surface area contributed by atoms with Crippen molar-refractivity contribution < 1.29 is 4.74 Å². The van der Waals surface area contributed by atoms with Crippen LogP contribution in [-0.4, -0.2) is 6.61 Å². The van der Waals surface area contributed by atoms with Crippen LogP contribution in [0.15, 0.2) is 23.0 Å². The first-order valence-corrected chi connectivity index (χ1v) is 6.19. The van der Waals surface area contributed by atoms with Gasteiger partial charge in [0.2, 0.25) is 0 Å². The highest BCUT2D eigenvalue weighted by molar-refractivity contribution is 5.36. The van der Waals surface area contributed by atoms with Crippen molar-refractivity contribution >= 4 is 0 Å². The number of hydrogen-bond donors (Lipinski definition) is 0. The third-order valence-corrected chi connectivity index (χ3v) is 3.25. The number of ether oxygens (including phenoxy) is 1. The van der Waals surface area contributed by atoms with Crippen LogP contribution in [0.5, 0.6) is 0 Å². The summed E-state index contributed by atoms with van der Waals surface area (Å²) in [5.74, 6) is 4.17. The van der Waals surface area contributed by atoms with E-state index in [-0.39, 0.29) is 0 Å². The first kappa shape index (κ1) is 12.9. The van der Waals surface area contributed by atoms with Gasteiger partial charge in [0.05, 0.1) is 6.61 Å². The summed E-state index contributed by atoms with van der Waals surface area (Å²) in [4.78, 5) is 0. The number of hydrogen-bond acceptors (Lipinski definition) is 1. The topological polar surface area (TPSA) is 9.23 Å². The summed E-state index contributed by atoms with van der Waals surface area (Å²) in [5.41, 5.74) is 2.79. The molecule has 0 aromatic rings. The maximum atomic E-state index is 5.75. The van der Waals surface area contributed by atoms with Gasteiger partial charge >= 0.3 is 0 Å². The minimum absolute atomic E-state index is 0.662. The summed E-state index contributed by atoms with van der Waals surface area (Å²) in [6.07, 6.45) is 11.8. The van der Waals surface area contributed by atoms with Gasteiger partial charge in [-0.15, -0.1) is 6.42 Å². The molecule has 0 saturated heterocycles. The fourth-order valence-electron chi connectivity index (χ4n) is 2.12. The van der Waals surface area contributed by atoms with Crippen molar-refractivity contribution in [1.82, 2.24) is 0 Å². The van der Waals surface area contributed by atoms with E-state index in [1.165, 1.54) is 24.0 Å². The average molecular weight is 218 g/mol. The predicted octanol–water partition coefficient (Wildman–Crippen LogP) is 4.07. The normalized spacial score (nSPS) is 21.9. The molecule has 88 valence electrons. The summed E-state index contributed by atoms with van der Waals surface area (Å²) in [6.45, 7) is 7.34. The highest BCUT2D eigenvalue weighted by Crippen LogP contribution is 2.33. The van der Waals surface area contributed by atoms with Gasteiger partial charge in [-0.2, -0.15) is 0 Å². The van der Waals surface area contributed by atoms with Crippen LogP contribution in [0.4, 0.5) is 0 Å². The molecule has 1 nitrogen and oxygen atoms in total. The van der Waals surface area contributed by atoms with Gasteiger partial charge in [0, 0.05) is 6.08 Å². The van der Waals surface area contributed by atoms with Crippen LogP contribution in [0.3, 0.4) is 0 Å². The van der Waals surface area contributed by atoms with Crippen LogP contribution in [0.2, 0.25) is 0 Å². The second-order valence-electron chi connectivity index (χ2n) is 4.48.